The first-order chi connectivity index (χ1) is 14.9. The summed E-state index contributed by atoms with van der Waals surface area (Å²) in [5.74, 6) is 3.26. The minimum absolute atomic E-state index is 0.114. The van der Waals surface area contributed by atoms with Crippen molar-refractivity contribution in [2.75, 3.05) is 14.2 Å². The van der Waals surface area contributed by atoms with Gasteiger partial charge in [-0.2, -0.15) is 0 Å². The Hall–Kier alpha value is -2.75. The third kappa shape index (κ3) is 3.15. The first-order valence-corrected chi connectivity index (χ1v) is 11.2. The molecule has 0 aromatic heterocycles. The summed E-state index contributed by atoms with van der Waals surface area (Å²) in [6.45, 7) is 2.19. The lowest BCUT2D eigenvalue weighted by Crippen LogP contribution is -2.42. The molecule has 5 rings (SSSR count). The van der Waals surface area contributed by atoms with Gasteiger partial charge in [0.1, 0.15) is 5.75 Å². The largest absolute Gasteiger partial charge is 0.504 e. The zero-order chi connectivity index (χ0) is 21.8. The average Bonchev–Trinajstić information content (AvgIpc) is 3.04. The molecule has 0 bridgehead atoms. The number of ketones is 1. The van der Waals surface area contributed by atoms with Gasteiger partial charge in [-0.3, -0.25) is 4.79 Å². The number of hydrogen-bond acceptors (Lipinski definition) is 4. The highest BCUT2D eigenvalue weighted by atomic mass is 16.5. The molecule has 3 aliphatic rings. The summed E-state index contributed by atoms with van der Waals surface area (Å²) in [6, 6.07) is 11.8. The molecular weight excluding hydrogens is 388 g/mol. The van der Waals surface area contributed by atoms with Gasteiger partial charge in [-0.1, -0.05) is 19.1 Å². The van der Waals surface area contributed by atoms with Crippen LogP contribution < -0.4 is 9.47 Å². The van der Waals surface area contributed by atoms with Gasteiger partial charge >= 0.3 is 0 Å². The molecule has 0 aliphatic heterocycles. The number of methoxy groups -OCH3 is 2. The normalized spacial score (nSPS) is 30.5. The monoisotopic (exact) mass is 418 g/mol. The van der Waals surface area contributed by atoms with Crippen molar-refractivity contribution in [1.29, 1.82) is 0 Å². The van der Waals surface area contributed by atoms with Crippen LogP contribution in [-0.2, 0) is 11.2 Å². The van der Waals surface area contributed by atoms with E-state index in [1.165, 1.54) is 11.1 Å². The Kier molecular flexibility index (Phi) is 4.84. The average molecular weight is 419 g/mol. The lowest BCUT2D eigenvalue weighted by Gasteiger charge is -2.48. The van der Waals surface area contributed by atoms with Gasteiger partial charge in [-0.05, 0) is 102 Å². The van der Waals surface area contributed by atoms with Gasteiger partial charge in [0.2, 0.25) is 0 Å². The van der Waals surface area contributed by atoms with Crippen LogP contribution in [0.15, 0.2) is 42.0 Å². The number of aryl methyl sites for hydroxylation is 1. The van der Waals surface area contributed by atoms with E-state index >= 15 is 0 Å². The highest BCUT2D eigenvalue weighted by molar-refractivity contribution is 6.06. The van der Waals surface area contributed by atoms with E-state index in [2.05, 4.69) is 25.1 Å². The highest BCUT2D eigenvalue weighted by Gasteiger charge is 2.56. The summed E-state index contributed by atoms with van der Waals surface area (Å²) < 4.78 is 10.7. The van der Waals surface area contributed by atoms with E-state index in [1.54, 1.807) is 26.4 Å². The van der Waals surface area contributed by atoms with Crippen molar-refractivity contribution in [2.24, 2.45) is 17.3 Å². The van der Waals surface area contributed by atoms with E-state index in [4.69, 9.17) is 9.47 Å². The standard InChI is InChI=1S/C27H30O4/c1-27-11-10-21-20-8-6-19(30-2)14-17(20)5-7-22(21)23(27)15-18(26(27)29)12-16-4-9-24(28)25(13-16)31-3/h4,6,8-9,12-14,21-23,28H,5,7,10-11,15H2,1-3H3/b18-12-/t21-,22-,23+,27+/m1/s1. The van der Waals surface area contributed by atoms with Gasteiger partial charge in [0.15, 0.2) is 17.3 Å². The van der Waals surface area contributed by atoms with Crippen molar-refractivity contribution in [2.45, 2.75) is 44.9 Å². The number of carbonyl (C=O) groups excluding carboxylic acids is 1. The van der Waals surface area contributed by atoms with Crippen molar-refractivity contribution in [1.82, 2.24) is 0 Å². The first kappa shape index (κ1) is 20.2. The van der Waals surface area contributed by atoms with Crippen LogP contribution >= 0.6 is 0 Å². The molecule has 2 fully saturated rings. The molecule has 2 aromatic carbocycles. The molecule has 0 heterocycles. The second kappa shape index (κ2) is 7.44. The van der Waals surface area contributed by atoms with E-state index in [0.29, 0.717) is 29.3 Å². The van der Waals surface area contributed by atoms with Crippen molar-refractivity contribution < 1.29 is 19.4 Å². The Labute approximate surface area is 183 Å². The van der Waals surface area contributed by atoms with E-state index in [0.717, 1.165) is 49.0 Å². The third-order valence-electron chi connectivity index (χ3n) is 8.12. The summed E-state index contributed by atoms with van der Waals surface area (Å²) in [7, 11) is 3.26. The molecule has 0 radical (unpaired) electrons. The molecule has 0 amide bonds. The summed E-state index contributed by atoms with van der Waals surface area (Å²) in [6.07, 6.45) is 7.06. The molecule has 4 atom stereocenters. The van der Waals surface area contributed by atoms with Crippen LogP contribution in [0.5, 0.6) is 17.2 Å². The molecule has 1 N–H and O–H groups in total. The van der Waals surface area contributed by atoms with Gasteiger partial charge in [0, 0.05) is 5.41 Å². The second-order valence-electron chi connectivity index (χ2n) is 9.57. The molecular formula is C27H30O4. The molecule has 31 heavy (non-hydrogen) atoms. The predicted molar refractivity (Wildman–Crippen MR) is 121 cm³/mol. The van der Waals surface area contributed by atoms with Crippen molar-refractivity contribution in [3.63, 3.8) is 0 Å². The molecule has 2 saturated carbocycles. The Morgan fingerprint density at radius 2 is 1.94 bits per heavy atom. The Balaban J connectivity index is 1.46. The minimum Gasteiger partial charge on any atom is -0.504 e. The molecule has 0 unspecified atom stereocenters. The van der Waals surface area contributed by atoms with Crippen LogP contribution in [0.4, 0.5) is 0 Å². The van der Waals surface area contributed by atoms with Crippen molar-refractivity contribution >= 4 is 11.9 Å². The number of aromatic hydroxyl groups is 1. The minimum atomic E-state index is -0.266. The summed E-state index contributed by atoms with van der Waals surface area (Å²) in [5.41, 5.74) is 4.44. The maximum absolute atomic E-state index is 13.5. The number of phenols is 1. The van der Waals surface area contributed by atoms with Gasteiger partial charge in [-0.15, -0.1) is 0 Å². The van der Waals surface area contributed by atoms with Gasteiger partial charge in [-0.25, -0.2) is 0 Å². The van der Waals surface area contributed by atoms with Crippen LogP contribution in [-0.4, -0.2) is 25.1 Å². The smallest absolute Gasteiger partial charge is 0.165 e. The quantitative estimate of drug-likeness (QED) is 0.666. The van der Waals surface area contributed by atoms with Gasteiger partial charge in [0.25, 0.3) is 0 Å². The third-order valence-corrected chi connectivity index (χ3v) is 8.12. The highest BCUT2D eigenvalue weighted by Crippen LogP contribution is 2.61. The number of Topliss-reactive ketones (excluding diaryl/α,β-unsaturated/α-hetero) is 1. The van der Waals surface area contributed by atoms with Gasteiger partial charge in [0.05, 0.1) is 14.2 Å². The summed E-state index contributed by atoms with van der Waals surface area (Å²) in [5, 5.41) is 9.88. The van der Waals surface area contributed by atoms with E-state index < -0.39 is 0 Å². The molecule has 3 aliphatic carbocycles. The van der Waals surface area contributed by atoms with Crippen LogP contribution in [0.25, 0.3) is 6.08 Å². The number of hydrogen-bond donors (Lipinski definition) is 1. The van der Waals surface area contributed by atoms with E-state index in [9.17, 15) is 9.90 Å². The number of carbonyl (C=O) groups is 1. The Morgan fingerprint density at radius 3 is 2.71 bits per heavy atom. The lowest BCUT2D eigenvalue weighted by atomic mass is 9.55. The number of allylic oxidation sites excluding steroid dienone is 1. The zero-order valence-corrected chi connectivity index (χ0v) is 18.5. The number of benzene rings is 2. The maximum atomic E-state index is 13.5. The Bertz CT molecular complexity index is 1070. The Morgan fingerprint density at radius 1 is 1.10 bits per heavy atom. The van der Waals surface area contributed by atoms with Crippen LogP contribution in [0.2, 0.25) is 0 Å². The number of ether oxygens (including phenoxy) is 2. The topological polar surface area (TPSA) is 55.8 Å². The molecule has 0 spiro atoms. The fraction of sp³-hybridized carbons (Fsp3) is 0.444. The SMILES string of the molecule is COc1ccc2c(c1)CC[C@@H]1[C@@H]2CC[C@]2(C)C(=O)/C(=C\c3ccc(O)c(OC)c3)C[C@@H]12. The predicted octanol–water partition coefficient (Wildman–Crippen LogP) is 5.53. The fourth-order valence-corrected chi connectivity index (χ4v) is 6.47. The molecule has 0 saturated heterocycles. The number of fused-ring (bicyclic) bond motifs is 5. The zero-order valence-electron chi connectivity index (χ0n) is 18.5. The van der Waals surface area contributed by atoms with Crippen LogP contribution in [0.1, 0.15) is 55.2 Å². The van der Waals surface area contributed by atoms with Crippen LogP contribution in [0.3, 0.4) is 0 Å². The molecule has 162 valence electrons. The number of rotatable bonds is 3. The first-order valence-electron chi connectivity index (χ1n) is 11.2. The summed E-state index contributed by atoms with van der Waals surface area (Å²) in [4.78, 5) is 13.5. The van der Waals surface area contributed by atoms with Crippen molar-refractivity contribution in [3.05, 3.63) is 58.7 Å². The van der Waals surface area contributed by atoms with Gasteiger partial charge < -0.3 is 14.6 Å². The summed E-state index contributed by atoms with van der Waals surface area (Å²) >= 11 is 0. The van der Waals surface area contributed by atoms with Crippen LogP contribution in [0, 0.1) is 17.3 Å². The molecule has 4 nitrogen and oxygen atoms in total. The lowest BCUT2D eigenvalue weighted by molar-refractivity contribution is -0.127. The second-order valence-corrected chi connectivity index (χ2v) is 9.57. The maximum Gasteiger partial charge on any atom is 0.165 e. The fourth-order valence-electron chi connectivity index (χ4n) is 6.47. The van der Waals surface area contributed by atoms with E-state index in [1.807, 2.05) is 12.1 Å². The molecule has 2 aromatic rings. The van der Waals surface area contributed by atoms with E-state index in [-0.39, 0.29) is 11.2 Å². The number of phenolic OH excluding ortho intramolecular Hbond substituents is 1. The van der Waals surface area contributed by atoms with Crippen molar-refractivity contribution in [3.8, 4) is 17.2 Å². The molecule has 4 heteroatoms.